The molecule has 1 fully saturated rings. The topological polar surface area (TPSA) is 59.0 Å². The Balaban J connectivity index is 0.00000121. The molecule has 1 aliphatic rings. The summed E-state index contributed by atoms with van der Waals surface area (Å²) in [5.74, 6) is 0.954. The molecule has 1 aromatic heterocycles. The summed E-state index contributed by atoms with van der Waals surface area (Å²) in [5, 5.41) is 6.42. The Morgan fingerprint density at radius 1 is 1.32 bits per heavy atom. The van der Waals surface area contributed by atoms with Gasteiger partial charge in [-0.05, 0) is 45.0 Å². The number of carbonyl (C=O) groups excluding carboxylic acids is 1. The normalized spacial score (nSPS) is 15.0. The Bertz CT molecular complexity index is 623. The Labute approximate surface area is 142 Å². The summed E-state index contributed by atoms with van der Waals surface area (Å²) in [6.45, 7) is 4.25. The third-order valence-electron chi connectivity index (χ3n) is 3.85. The van der Waals surface area contributed by atoms with Gasteiger partial charge in [-0.25, -0.2) is 4.98 Å². The van der Waals surface area contributed by atoms with Gasteiger partial charge in [0.05, 0.1) is 11.0 Å². The number of aryl methyl sites for hydroxylation is 1. The fourth-order valence-corrected chi connectivity index (χ4v) is 2.78. The van der Waals surface area contributed by atoms with Crippen molar-refractivity contribution in [2.45, 2.75) is 32.4 Å². The van der Waals surface area contributed by atoms with Crippen molar-refractivity contribution in [1.29, 1.82) is 0 Å². The maximum atomic E-state index is 12.2. The Morgan fingerprint density at radius 3 is 2.73 bits per heavy atom. The first kappa shape index (κ1) is 18.7. The third kappa shape index (κ3) is 4.12. The lowest BCUT2D eigenvalue weighted by Gasteiger charge is -2.23. The molecule has 2 aromatic rings. The zero-order valence-corrected chi connectivity index (χ0v) is 14.2. The van der Waals surface area contributed by atoms with Gasteiger partial charge in [-0.15, -0.1) is 24.8 Å². The molecule has 0 atom stereocenters. The van der Waals surface area contributed by atoms with Gasteiger partial charge < -0.3 is 15.2 Å². The number of amides is 1. The van der Waals surface area contributed by atoms with Gasteiger partial charge in [0.25, 0.3) is 0 Å². The van der Waals surface area contributed by atoms with Crippen molar-refractivity contribution in [2.75, 3.05) is 13.1 Å². The van der Waals surface area contributed by atoms with Crippen LogP contribution in [0.15, 0.2) is 24.3 Å². The van der Waals surface area contributed by atoms with Crippen molar-refractivity contribution in [3.05, 3.63) is 30.1 Å². The Morgan fingerprint density at radius 2 is 2.00 bits per heavy atom. The van der Waals surface area contributed by atoms with Crippen molar-refractivity contribution in [2.24, 2.45) is 0 Å². The summed E-state index contributed by atoms with van der Waals surface area (Å²) in [6, 6.07) is 8.23. The molecule has 2 N–H and O–H groups in total. The zero-order valence-electron chi connectivity index (χ0n) is 12.5. The lowest BCUT2D eigenvalue weighted by atomic mass is 10.1. The van der Waals surface area contributed by atoms with E-state index in [0.29, 0.717) is 12.6 Å². The zero-order chi connectivity index (χ0) is 13.9. The SMILES string of the molecule is Cc1nc2ccccc2n1CC(=O)NC1CCNCC1.Cl.Cl. The van der Waals surface area contributed by atoms with E-state index in [0.717, 1.165) is 42.8 Å². The van der Waals surface area contributed by atoms with Crippen molar-refractivity contribution in [1.82, 2.24) is 20.2 Å². The smallest absolute Gasteiger partial charge is 0.240 e. The molecule has 7 heteroatoms. The van der Waals surface area contributed by atoms with E-state index in [4.69, 9.17) is 0 Å². The van der Waals surface area contributed by atoms with Gasteiger partial charge in [-0.3, -0.25) is 4.79 Å². The van der Waals surface area contributed by atoms with Crippen LogP contribution in [-0.2, 0) is 11.3 Å². The van der Waals surface area contributed by atoms with E-state index in [-0.39, 0.29) is 30.7 Å². The van der Waals surface area contributed by atoms with Crippen LogP contribution in [0.2, 0.25) is 0 Å². The molecule has 0 saturated carbocycles. The first-order valence-corrected chi connectivity index (χ1v) is 7.16. The van der Waals surface area contributed by atoms with Gasteiger partial charge >= 0.3 is 0 Å². The summed E-state index contributed by atoms with van der Waals surface area (Å²) < 4.78 is 1.98. The number of rotatable bonds is 3. The predicted molar refractivity (Wildman–Crippen MR) is 93.0 cm³/mol. The number of imidazole rings is 1. The van der Waals surface area contributed by atoms with Crippen LogP contribution in [0.4, 0.5) is 0 Å². The predicted octanol–water partition coefficient (Wildman–Crippen LogP) is 2.06. The van der Waals surface area contributed by atoms with E-state index in [1.807, 2.05) is 35.8 Å². The van der Waals surface area contributed by atoms with E-state index in [9.17, 15) is 4.79 Å². The molecule has 0 bridgehead atoms. The van der Waals surface area contributed by atoms with Crippen LogP contribution in [0.5, 0.6) is 0 Å². The summed E-state index contributed by atoms with van der Waals surface area (Å²) in [5.41, 5.74) is 1.96. The van der Waals surface area contributed by atoms with Crippen LogP contribution >= 0.6 is 24.8 Å². The summed E-state index contributed by atoms with van der Waals surface area (Å²) in [6.07, 6.45) is 2.02. The van der Waals surface area contributed by atoms with Crippen molar-refractivity contribution < 1.29 is 4.79 Å². The van der Waals surface area contributed by atoms with Crippen LogP contribution in [0.1, 0.15) is 18.7 Å². The molecular weight excluding hydrogens is 323 g/mol. The van der Waals surface area contributed by atoms with Crippen molar-refractivity contribution >= 4 is 41.8 Å². The maximum absolute atomic E-state index is 12.2. The average Bonchev–Trinajstić information content (AvgIpc) is 2.76. The quantitative estimate of drug-likeness (QED) is 0.895. The highest BCUT2D eigenvalue weighted by Crippen LogP contribution is 2.15. The molecular formula is C15H22Cl2N4O. The molecule has 0 unspecified atom stereocenters. The fourth-order valence-electron chi connectivity index (χ4n) is 2.78. The number of carbonyl (C=O) groups is 1. The lowest BCUT2D eigenvalue weighted by molar-refractivity contribution is -0.122. The molecule has 0 radical (unpaired) electrons. The lowest BCUT2D eigenvalue weighted by Crippen LogP contribution is -2.43. The highest BCUT2D eigenvalue weighted by Gasteiger charge is 2.16. The van der Waals surface area contributed by atoms with Gasteiger partial charge in [0.15, 0.2) is 0 Å². The molecule has 1 aromatic carbocycles. The third-order valence-corrected chi connectivity index (χ3v) is 3.85. The second-order valence-electron chi connectivity index (χ2n) is 5.33. The Kier molecular flexibility index (Phi) is 7.13. The number of fused-ring (bicyclic) bond motifs is 1. The molecule has 0 aliphatic carbocycles. The summed E-state index contributed by atoms with van der Waals surface area (Å²) in [7, 11) is 0. The standard InChI is InChI=1S/C15H20N4O.2ClH/c1-11-17-13-4-2-3-5-14(13)19(11)10-15(20)18-12-6-8-16-9-7-12;;/h2-5,12,16H,6-10H2,1H3,(H,18,20);2*1H. The molecule has 1 aliphatic heterocycles. The molecule has 5 nitrogen and oxygen atoms in total. The minimum atomic E-state index is 0. The number of hydrogen-bond donors (Lipinski definition) is 2. The van der Waals surface area contributed by atoms with Crippen molar-refractivity contribution in [3.63, 3.8) is 0 Å². The molecule has 1 saturated heterocycles. The van der Waals surface area contributed by atoms with Gasteiger partial charge in [0, 0.05) is 6.04 Å². The number of halogens is 2. The number of hydrogen-bond acceptors (Lipinski definition) is 3. The van der Waals surface area contributed by atoms with E-state index < -0.39 is 0 Å². The molecule has 22 heavy (non-hydrogen) atoms. The summed E-state index contributed by atoms with van der Waals surface area (Å²) >= 11 is 0. The fraction of sp³-hybridized carbons (Fsp3) is 0.467. The molecule has 122 valence electrons. The first-order valence-electron chi connectivity index (χ1n) is 7.16. The van der Waals surface area contributed by atoms with Gasteiger partial charge in [0.1, 0.15) is 12.4 Å². The molecule has 0 spiro atoms. The number of nitrogens with zero attached hydrogens (tertiary/aromatic N) is 2. The van der Waals surface area contributed by atoms with Crippen LogP contribution in [0, 0.1) is 6.92 Å². The maximum Gasteiger partial charge on any atom is 0.240 e. The molecule has 2 heterocycles. The summed E-state index contributed by atoms with van der Waals surface area (Å²) in [4.78, 5) is 16.7. The minimum absolute atomic E-state index is 0. The van der Waals surface area contributed by atoms with E-state index in [1.165, 1.54) is 0 Å². The number of nitrogens with one attached hydrogen (secondary N) is 2. The molecule has 1 amide bonds. The monoisotopic (exact) mass is 344 g/mol. The molecule has 3 rings (SSSR count). The largest absolute Gasteiger partial charge is 0.352 e. The van der Waals surface area contributed by atoms with Crippen LogP contribution in [0.3, 0.4) is 0 Å². The Hall–Kier alpha value is -1.30. The van der Waals surface area contributed by atoms with Gasteiger partial charge in [0.2, 0.25) is 5.91 Å². The van der Waals surface area contributed by atoms with Crippen LogP contribution in [-0.4, -0.2) is 34.6 Å². The highest BCUT2D eigenvalue weighted by molar-refractivity contribution is 5.85. The first-order chi connectivity index (χ1) is 9.74. The van der Waals surface area contributed by atoms with E-state index in [1.54, 1.807) is 0 Å². The number of benzene rings is 1. The number of piperidine rings is 1. The van der Waals surface area contributed by atoms with Crippen LogP contribution in [0.25, 0.3) is 11.0 Å². The van der Waals surface area contributed by atoms with Crippen molar-refractivity contribution in [3.8, 4) is 0 Å². The van der Waals surface area contributed by atoms with Crippen LogP contribution < -0.4 is 10.6 Å². The second kappa shape index (κ2) is 8.36. The second-order valence-corrected chi connectivity index (χ2v) is 5.33. The number of aromatic nitrogens is 2. The average molecular weight is 345 g/mol. The minimum Gasteiger partial charge on any atom is -0.352 e. The van der Waals surface area contributed by atoms with E-state index in [2.05, 4.69) is 15.6 Å². The van der Waals surface area contributed by atoms with Gasteiger partial charge in [-0.2, -0.15) is 0 Å². The van der Waals surface area contributed by atoms with Gasteiger partial charge in [-0.1, -0.05) is 12.1 Å². The highest BCUT2D eigenvalue weighted by atomic mass is 35.5. The number of para-hydroxylation sites is 2. The van der Waals surface area contributed by atoms with E-state index >= 15 is 0 Å².